The van der Waals surface area contributed by atoms with Gasteiger partial charge in [0, 0.05) is 20.1 Å². The van der Waals surface area contributed by atoms with Gasteiger partial charge in [-0.05, 0) is 12.3 Å². The molecule has 5 heteroatoms. The van der Waals surface area contributed by atoms with Crippen LogP contribution in [0.3, 0.4) is 0 Å². The second-order valence-electron chi connectivity index (χ2n) is 5.63. The molecule has 1 heterocycles. The Bertz CT molecular complexity index is 264. The van der Waals surface area contributed by atoms with E-state index >= 15 is 0 Å². The maximum atomic E-state index is 12.2. The molecule has 1 unspecified atom stereocenters. The molecule has 0 aromatic rings. The first kappa shape index (κ1) is 16.7. The highest BCUT2D eigenvalue weighted by Crippen LogP contribution is 2.26. The van der Waals surface area contributed by atoms with Crippen LogP contribution in [-0.4, -0.2) is 50.2 Å². The summed E-state index contributed by atoms with van der Waals surface area (Å²) in [6.45, 7) is 2.91. The number of halogens is 1. The van der Waals surface area contributed by atoms with Gasteiger partial charge in [-0.3, -0.25) is 4.79 Å². The third-order valence-corrected chi connectivity index (χ3v) is 4.19. The van der Waals surface area contributed by atoms with E-state index in [0.29, 0.717) is 6.61 Å². The average Bonchev–Trinajstić information content (AvgIpc) is 2.46. The van der Waals surface area contributed by atoms with Crippen LogP contribution in [0.25, 0.3) is 0 Å². The van der Waals surface area contributed by atoms with Crippen molar-refractivity contribution in [3.8, 4) is 0 Å². The number of ether oxygens (including phenoxy) is 1. The van der Waals surface area contributed by atoms with Crippen LogP contribution in [0, 0.1) is 5.92 Å². The maximum Gasteiger partial charge on any atom is 0.241 e. The van der Waals surface area contributed by atoms with Gasteiger partial charge in [-0.2, -0.15) is 0 Å². The molecule has 2 fully saturated rings. The highest BCUT2D eigenvalue weighted by atomic mass is 35.5. The van der Waals surface area contributed by atoms with E-state index in [4.69, 9.17) is 4.74 Å². The van der Waals surface area contributed by atoms with Gasteiger partial charge in [0.05, 0.1) is 13.2 Å². The minimum Gasteiger partial charge on any atom is -0.378 e. The lowest BCUT2D eigenvalue weighted by atomic mass is 9.87. The molecule has 1 saturated carbocycles. The number of hydrogen-bond donors (Lipinski definition) is 1. The molecular formula is C14H27ClN2O2. The second kappa shape index (κ2) is 8.77. The number of amides is 1. The van der Waals surface area contributed by atoms with Crippen molar-refractivity contribution < 1.29 is 9.53 Å². The lowest BCUT2D eigenvalue weighted by Gasteiger charge is -2.29. The first-order valence-electron chi connectivity index (χ1n) is 7.33. The quantitative estimate of drug-likeness (QED) is 0.859. The summed E-state index contributed by atoms with van der Waals surface area (Å²) in [5.41, 5.74) is 0. The zero-order chi connectivity index (χ0) is 12.8. The molecule has 1 amide bonds. The fraction of sp³-hybridized carbons (Fsp3) is 0.929. The molecule has 1 N–H and O–H groups in total. The van der Waals surface area contributed by atoms with E-state index in [2.05, 4.69) is 5.32 Å². The summed E-state index contributed by atoms with van der Waals surface area (Å²) in [6.07, 6.45) is 8.02. The van der Waals surface area contributed by atoms with E-state index in [9.17, 15) is 4.79 Å². The van der Waals surface area contributed by atoms with Crippen molar-refractivity contribution in [1.29, 1.82) is 0 Å². The third kappa shape index (κ3) is 5.28. The first-order valence-corrected chi connectivity index (χ1v) is 7.33. The molecule has 112 valence electrons. The number of nitrogens with zero attached hydrogens (tertiary/aromatic N) is 1. The zero-order valence-corrected chi connectivity index (χ0v) is 12.7. The van der Waals surface area contributed by atoms with Crippen LogP contribution in [0.2, 0.25) is 0 Å². The van der Waals surface area contributed by atoms with Crippen LogP contribution in [-0.2, 0) is 9.53 Å². The van der Waals surface area contributed by atoms with Gasteiger partial charge in [0.2, 0.25) is 5.91 Å². The molecule has 1 atom stereocenters. The van der Waals surface area contributed by atoms with Crippen molar-refractivity contribution in [3.63, 3.8) is 0 Å². The van der Waals surface area contributed by atoms with Gasteiger partial charge in [-0.15, -0.1) is 12.4 Å². The molecule has 4 nitrogen and oxygen atoms in total. The fourth-order valence-electron chi connectivity index (χ4n) is 2.95. The lowest BCUT2D eigenvalue weighted by Crippen LogP contribution is -2.51. The van der Waals surface area contributed by atoms with Gasteiger partial charge in [0.1, 0.15) is 6.04 Å². The normalized spacial score (nSPS) is 24.6. The third-order valence-electron chi connectivity index (χ3n) is 4.19. The molecule has 0 bridgehead atoms. The standard InChI is InChI=1S/C14H26N2O2.ClH/c1-16(9-7-12-5-3-2-4-6-12)14(17)13-11-18-10-8-15-13;/h12-13,15H,2-11H2,1H3;1H. The number of rotatable bonds is 4. The van der Waals surface area contributed by atoms with Gasteiger partial charge in [0.15, 0.2) is 0 Å². The molecule has 0 aromatic heterocycles. The summed E-state index contributed by atoms with van der Waals surface area (Å²) in [5.74, 6) is 1.02. The average molecular weight is 291 g/mol. The van der Waals surface area contributed by atoms with Crippen LogP contribution in [0.1, 0.15) is 38.5 Å². The molecule has 2 rings (SSSR count). The van der Waals surface area contributed by atoms with Crippen molar-refractivity contribution in [2.45, 2.75) is 44.6 Å². The number of hydrogen-bond acceptors (Lipinski definition) is 3. The van der Waals surface area contributed by atoms with Crippen LogP contribution < -0.4 is 5.32 Å². The number of morpholine rings is 1. The molecule has 1 aliphatic heterocycles. The Hall–Kier alpha value is -0.320. The summed E-state index contributed by atoms with van der Waals surface area (Å²) >= 11 is 0. The summed E-state index contributed by atoms with van der Waals surface area (Å²) in [4.78, 5) is 14.0. The predicted octanol–water partition coefficient (Wildman–Crippen LogP) is 1.83. The van der Waals surface area contributed by atoms with Crippen molar-refractivity contribution in [2.24, 2.45) is 5.92 Å². The monoisotopic (exact) mass is 290 g/mol. The van der Waals surface area contributed by atoms with Crippen molar-refractivity contribution >= 4 is 18.3 Å². The Kier molecular flexibility index (Phi) is 7.73. The number of carbonyl (C=O) groups excluding carboxylic acids is 1. The highest BCUT2D eigenvalue weighted by Gasteiger charge is 2.24. The van der Waals surface area contributed by atoms with E-state index in [1.165, 1.54) is 32.1 Å². The number of likely N-dealkylation sites (N-methyl/N-ethyl adjacent to an activating group) is 1. The van der Waals surface area contributed by atoms with E-state index in [0.717, 1.165) is 32.0 Å². The largest absolute Gasteiger partial charge is 0.378 e. The smallest absolute Gasteiger partial charge is 0.241 e. The summed E-state index contributed by atoms with van der Waals surface area (Å²) in [6, 6.07) is -0.130. The topological polar surface area (TPSA) is 41.6 Å². The zero-order valence-electron chi connectivity index (χ0n) is 11.9. The van der Waals surface area contributed by atoms with Gasteiger partial charge >= 0.3 is 0 Å². The lowest BCUT2D eigenvalue weighted by molar-refractivity contribution is -0.135. The Morgan fingerprint density at radius 2 is 2.05 bits per heavy atom. The Morgan fingerprint density at radius 3 is 2.68 bits per heavy atom. The molecule has 0 radical (unpaired) electrons. The van der Waals surface area contributed by atoms with Crippen molar-refractivity contribution in [2.75, 3.05) is 33.4 Å². The molecular weight excluding hydrogens is 264 g/mol. The number of nitrogens with one attached hydrogen (secondary N) is 1. The molecule has 0 aromatic carbocycles. The first-order chi connectivity index (χ1) is 8.77. The SMILES string of the molecule is CN(CCC1CCCCC1)C(=O)C1COCCN1.Cl. The van der Waals surface area contributed by atoms with Crippen molar-refractivity contribution in [1.82, 2.24) is 10.2 Å². The molecule has 0 spiro atoms. The van der Waals surface area contributed by atoms with Gasteiger partial charge in [-0.1, -0.05) is 32.1 Å². The highest BCUT2D eigenvalue weighted by molar-refractivity contribution is 5.85. The fourth-order valence-corrected chi connectivity index (χ4v) is 2.95. The molecule has 2 aliphatic rings. The minimum atomic E-state index is -0.130. The summed E-state index contributed by atoms with van der Waals surface area (Å²) < 4.78 is 5.34. The Labute approximate surface area is 122 Å². The maximum absolute atomic E-state index is 12.2. The number of carbonyl (C=O) groups is 1. The van der Waals surface area contributed by atoms with Gasteiger partial charge < -0.3 is 15.0 Å². The van der Waals surface area contributed by atoms with E-state index in [-0.39, 0.29) is 24.4 Å². The Morgan fingerprint density at radius 1 is 1.32 bits per heavy atom. The van der Waals surface area contributed by atoms with Crippen LogP contribution in [0.15, 0.2) is 0 Å². The molecule has 19 heavy (non-hydrogen) atoms. The van der Waals surface area contributed by atoms with Crippen molar-refractivity contribution in [3.05, 3.63) is 0 Å². The second-order valence-corrected chi connectivity index (χ2v) is 5.63. The van der Waals surface area contributed by atoms with Gasteiger partial charge in [-0.25, -0.2) is 0 Å². The Balaban J connectivity index is 0.00000180. The van der Waals surface area contributed by atoms with Crippen LogP contribution in [0.5, 0.6) is 0 Å². The molecule has 1 saturated heterocycles. The van der Waals surface area contributed by atoms with E-state index < -0.39 is 0 Å². The van der Waals surface area contributed by atoms with Gasteiger partial charge in [0.25, 0.3) is 0 Å². The summed E-state index contributed by atoms with van der Waals surface area (Å²) in [7, 11) is 1.92. The van der Waals surface area contributed by atoms with Crippen LogP contribution >= 0.6 is 12.4 Å². The predicted molar refractivity (Wildman–Crippen MR) is 78.7 cm³/mol. The summed E-state index contributed by atoms with van der Waals surface area (Å²) in [5, 5.41) is 3.22. The minimum absolute atomic E-state index is 0. The molecule has 1 aliphatic carbocycles. The van der Waals surface area contributed by atoms with E-state index in [1.54, 1.807) is 0 Å². The van der Waals surface area contributed by atoms with Crippen LogP contribution in [0.4, 0.5) is 0 Å². The van der Waals surface area contributed by atoms with E-state index in [1.807, 2.05) is 11.9 Å².